The molecule has 4 rings (SSSR count). The minimum atomic E-state index is -0.0932. The molecule has 180 valence electrons. The molecule has 0 fully saturated rings. The van der Waals surface area contributed by atoms with Gasteiger partial charge in [-0.1, -0.05) is 48.0 Å². The molecule has 1 aromatic heterocycles. The second-order valence-electron chi connectivity index (χ2n) is 8.09. The SMILES string of the molecule is CCOc1ccccc1NC(=O)CSc1cn(CCNC(=O)c2ccc(C)cc2)c2ccccc12. The Morgan fingerprint density at radius 2 is 1.71 bits per heavy atom. The molecule has 35 heavy (non-hydrogen) atoms. The number of aromatic nitrogens is 1. The van der Waals surface area contributed by atoms with Crippen LogP contribution in [0.1, 0.15) is 22.8 Å². The molecule has 0 aliphatic heterocycles. The van der Waals surface area contributed by atoms with Crippen LogP contribution < -0.4 is 15.4 Å². The molecule has 0 unspecified atom stereocenters. The summed E-state index contributed by atoms with van der Waals surface area (Å²) in [5.74, 6) is 0.764. The van der Waals surface area contributed by atoms with Crippen molar-refractivity contribution >= 4 is 40.2 Å². The van der Waals surface area contributed by atoms with Crippen molar-refractivity contribution in [3.05, 3.63) is 90.1 Å². The van der Waals surface area contributed by atoms with E-state index in [1.165, 1.54) is 11.8 Å². The Kier molecular flexibility index (Phi) is 8.11. The van der Waals surface area contributed by atoms with Crippen molar-refractivity contribution in [3.63, 3.8) is 0 Å². The number of carbonyl (C=O) groups is 2. The van der Waals surface area contributed by atoms with Crippen LogP contribution in [0.2, 0.25) is 0 Å². The van der Waals surface area contributed by atoms with E-state index in [2.05, 4.69) is 33.5 Å². The van der Waals surface area contributed by atoms with E-state index >= 15 is 0 Å². The van der Waals surface area contributed by atoms with Gasteiger partial charge in [-0.2, -0.15) is 0 Å². The van der Waals surface area contributed by atoms with Gasteiger partial charge < -0.3 is 19.9 Å². The van der Waals surface area contributed by atoms with Gasteiger partial charge in [-0.3, -0.25) is 9.59 Å². The number of thioether (sulfide) groups is 1. The Bertz CT molecular complexity index is 1310. The minimum absolute atomic E-state index is 0.0833. The fourth-order valence-electron chi connectivity index (χ4n) is 3.79. The van der Waals surface area contributed by atoms with Gasteiger partial charge in [0.2, 0.25) is 5.91 Å². The Hall–Kier alpha value is -3.71. The molecular formula is C28H29N3O3S. The largest absolute Gasteiger partial charge is 0.492 e. The number of anilines is 1. The molecule has 2 N–H and O–H groups in total. The summed E-state index contributed by atoms with van der Waals surface area (Å²) in [4.78, 5) is 26.1. The molecule has 0 saturated carbocycles. The fraction of sp³-hybridized carbons (Fsp3) is 0.214. The number of hydrogen-bond acceptors (Lipinski definition) is 4. The van der Waals surface area contributed by atoms with Gasteiger partial charge in [0.05, 0.1) is 18.0 Å². The average Bonchev–Trinajstić information content (AvgIpc) is 3.22. The van der Waals surface area contributed by atoms with Gasteiger partial charge in [0.25, 0.3) is 5.91 Å². The molecule has 0 atom stereocenters. The summed E-state index contributed by atoms with van der Waals surface area (Å²) in [6.45, 7) is 5.58. The molecule has 2 amide bonds. The van der Waals surface area contributed by atoms with Gasteiger partial charge in [-0.15, -0.1) is 11.8 Å². The van der Waals surface area contributed by atoms with E-state index in [1.807, 2.05) is 74.5 Å². The smallest absolute Gasteiger partial charge is 0.251 e. The standard InChI is InChI=1S/C28H29N3O3S/c1-3-34-25-11-7-5-9-23(25)30-27(32)19-35-26-18-31(24-10-6-4-8-22(24)26)17-16-29-28(33)21-14-12-20(2)13-15-21/h4-15,18H,3,16-17,19H2,1-2H3,(H,29,33)(H,30,32). The van der Waals surface area contributed by atoms with Crippen LogP contribution in [0, 0.1) is 6.92 Å². The summed E-state index contributed by atoms with van der Waals surface area (Å²) in [5.41, 5.74) is 3.52. The minimum Gasteiger partial charge on any atom is -0.492 e. The van der Waals surface area contributed by atoms with Gasteiger partial charge in [0.15, 0.2) is 0 Å². The van der Waals surface area contributed by atoms with E-state index < -0.39 is 0 Å². The molecule has 0 bridgehead atoms. The number of rotatable bonds is 10. The molecule has 4 aromatic rings. The number of nitrogens with zero attached hydrogens (tertiary/aromatic N) is 1. The third-order valence-corrected chi connectivity index (χ3v) is 6.57. The molecule has 3 aromatic carbocycles. The first-order valence-corrected chi connectivity index (χ1v) is 12.6. The predicted octanol–water partition coefficient (Wildman–Crippen LogP) is 5.51. The predicted molar refractivity (Wildman–Crippen MR) is 142 cm³/mol. The van der Waals surface area contributed by atoms with Gasteiger partial charge in [0.1, 0.15) is 5.75 Å². The van der Waals surface area contributed by atoms with Gasteiger partial charge >= 0.3 is 0 Å². The lowest BCUT2D eigenvalue weighted by Crippen LogP contribution is -2.27. The number of ether oxygens (including phenoxy) is 1. The van der Waals surface area contributed by atoms with Crippen LogP contribution in [0.4, 0.5) is 5.69 Å². The Labute approximate surface area is 209 Å². The lowest BCUT2D eigenvalue weighted by atomic mass is 10.1. The zero-order chi connectivity index (χ0) is 24.6. The van der Waals surface area contributed by atoms with Crippen LogP contribution in [0.15, 0.2) is 83.9 Å². The van der Waals surface area contributed by atoms with Crippen molar-refractivity contribution in [3.8, 4) is 5.75 Å². The number of carbonyl (C=O) groups excluding carboxylic acids is 2. The number of hydrogen-bond donors (Lipinski definition) is 2. The highest BCUT2D eigenvalue weighted by atomic mass is 32.2. The molecule has 7 heteroatoms. The molecule has 0 radical (unpaired) electrons. The Morgan fingerprint density at radius 1 is 0.971 bits per heavy atom. The number of benzene rings is 3. The molecule has 0 saturated heterocycles. The van der Waals surface area contributed by atoms with Crippen molar-refractivity contribution in [2.75, 3.05) is 24.2 Å². The number of fused-ring (bicyclic) bond motifs is 1. The maximum absolute atomic E-state index is 12.6. The first-order valence-electron chi connectivity index (χ1n) is 11.6. The summed E-state index contributed by atoms with van der Waals surface area (Å²) in [5, 5.41) is 7.03. The van der Waals surface area contributed by atoms with Crippen LogP contribution in [0.5, 0.6) is 5.75 Å². The number of para-hydroxylation sites is 3. The van der Waals surface area contributed by atoms with Crippen molar-refractivity contribution in [2.24, 2.45) is 0 Å². The van der Waals surface area contributed by atoms with Crippen molar-refractivity contribution in [1.29, 1.82) is 0 Å². The highest BCUT2D eigenvalue weighted by molar-refractivity contribution is 8.00. The summed E-state index contributed by atoms with van der Waals surface area (Å²) < 4.78 is 7.72. The van der Waals surface area contributed by atoms with Crippen LogP contribution in [-0.2, 0) is 11.3 Å². The van der Waals surface area contributed by atoms with E-state index in [0.717, 1.165) is 21.4 Å². The molecule has 6 nitrogen and oxygen atoms in total. The molecule has 1 heterocycles. The van der Waals surface area contributed by atoms with Crippen molar-refractivity contribution < 1.29 is 14.3 Å². The first kappa shape index (κ1) is 24.4. The number of amides is 2. The quantitative estimate of drug-likeness (QED) is 0.289. The normalized spacial score (nSPS) is 10.8. The molecule has 0 aliphatic rings. The Morgan fingerprint density at radius 3 is 2.51 bits per heavy atom. The second-order valence-corrected chi connectivity index (χ2v) is 9.11. The highest BCUT2D eigenvalue weighted by Gasteiger charge is 2.13. The van der Waals surface area contributed by atoms with Crippen molar-refractivity contribution in [1.82, 2.24) is 9.88 Å². The van der Waals surface area contributed by atoms with E-state index in [1.54, 1.807) is 0 Å². The third kappa shape index (κ3) is 6.25. The maximum atomic E-state index is 12.6. The van der Waals surface area contributed by atoms with Crippen LogP contribution in [0.3, 0.4) is 0 Å². The topological polar surface area (TPSA) is 72.4 Å². The monoisotopic (exact) mass is 487 g/mol. The highest BCUT2D eigenvalue weighted by Crippen LogP contribution is 2.30. The van der Waals surface area contributed by atoms with Gasteiger partial charge in [-0.25, -0.2) is 0 Å². The molecule has 0 spiro atoms. The summed E-state index contributed by atoms with van der Waals surface area (Å²) in [7, 11) is 0. The zero-order valence-electron chi connectivity index (χ0n) is 19.9. The van der Waals surface area contributed by atoms with Crippen LogP contribution in [-0.4, -0.2) is 35.3 Å². The van der Waals surface area contributed by atoms with E-state index in [4.69, 9.17) is 4.74 Å². The van der Waals surface area contributed by atoms with Gasteiger partial charge in [0, 0.05) is 40.6 Å². The summed E-state index contributed by atoms with van der Waals surface area (Å²) >= 11 is 1.49. The third-order valence-electron chi connectivity index (χ3n) is 5.52. The van der Waals surface area contributed by atoms with Crippen LogP contribution in [0.25, 0.3) is 10.9 Å². The zero-order valence-corrected chi connectivity index (χ0v) is 20.7. The summed E-state index contributed by atoms with van der Waals surface area (Å²) in [6.07, 6.45) is 2.05. The first-order chi connectivity index (χ1) is 17.0. The second kappa shape index (κ2) is 11.6. The lowest BCUT2D eigenvalue weighted by Gasteiger charge is -2.11. The average molecular weight is 488 g/mol. The van der Waals surface area contributed by atoms with E-state index in [9.17, 15) is 9.59 Å². The maximum Gasteiger partial charge on any atom is 0.251 e. The number of aryl methyl sites for hydroxylation is 1. The number of nitrogens with one attached hydrogen (secondary N) is 2. The Balaban J connectivity index is 1.38. The lowest BCUT2D eigenvalue weighted by molar-refractivity contribution is -0.113. The van der Waals surface area contributed by atoms with Gasteiger partial charge in [-0.05, 0) is 44.2 Å². The summed E-state index contributed by atoms with van der Waals surface area (Å²) in [6, 6.07) is 23.1. The molecule has 0 aliphatic carbocycles. The fourth-order valence-corrected chi connectivity index (χ4v) is 4.68. The van der Waals surface area contributed by atoms with E-state index in [-0.39, 0.29) is 17.6 Å². The van der Waals surface area contributed by atoms with Crippen LogP contribution >= 0.6 is 11.8 Å². The molecular weight excluding hydrogens is 458 g/mol. The van der Waals surface area contributed by atoms with E-state index in [0.29, 0.717) is 36.7 Å². The van der Waals surface area contributed by atoms with Crippen molar-refractivity contribution in [2.45, 2.75) is 25.3 Å².